The number of fused-ring (bicyclic) bond motifs is 4. The van der Waals surface area contributed by atoms with Gasteiger partial charge in [0.25, 0.3) is 5.91 Å². The van der Waals surface area contributed by atoms with Gasteiger partial charge in [-0.25, -0.2) is 0 Å². The quantitative estimate of drug-likeness (QED) is 0.344. The molecular formula is C34H38N2O2. The fourth-order valence-electron chi connectivity index (χ4n) is 6.69. The lowest BCUT2D eigenvalue weighted by molar-refractivity contribution is -0.00327. The summed E-state index contributed by atoms with van der Waals surface area (Å²) in [6.45, 7) is 2.16. The van der Waals surface area contributed by atoms with Crippen LogP contribution in [-0.4, -0.2) is 48.6 Å². The molecule has 3 aromatic carbocycles. The standard InChI is InChI=1S/C34H38N2O2/c1-35(2)21-24-14-16-25(17-15-24)22-36(34(37)28-19-18-26-8-3-4-9-27(26)20-28)23-29-10-7-12-31-30-11-5-6-13-32(30)38-33(29)31/h3-10,14-20,29-33H,11-13,21-23H2,1-2H3. The number of nitrogens with zero attached hydrogens (tertiary/aromatic N) is 2. The minimum atomic E-state index is 0.0840. The number of carbonyl (C=O) groups is 1. The molecule has 1 aliphatic heterocycles. The van der Waals surface area contributed by atoms with Crippen LogP contribution in [0.5, 0.6) is 0 Å². The topological polar surface area (TPSA) is 32.8 Å². The molecule has 6 rings (SSSR count). The molecule has 0 spiro atoms. The molecule has 196 valence electrons. The van der Waals surface area contributed by atoms with Gasteiger partial charge in [-0.3, -0.25) is 4.79 Å². The summed E-state index contributed by atoms with van der Waals surface area (Å²) in [6.07, 6.45) is 13.0. The fourth-order valence-corrected chi connectivity index (χ4v) is 6.69. The maximum Gasteiger partial charge on any atom is 0.254 e. The number of rotatable bonds is 7. The maximum atomic E-state index is 14.1. The van der Waals surface area contributed by atoms with Crippen LogP contribution in [0.25, 0.3) is 10.8 Å². The van der Waals surface area contributed by atoms with E-state index in [1.807, 2.05) is 29.2 Å². The van der Waals surface area contributed by atoms with Gasteiger partial charge in [-0.1, -0.05) is 78.9 Å². The van der Waals surface area contributed by atoms with Gasteiger partial charge in [0.1, 0.15) is 0 Å². The van der Waals surface area contributed by atoms with Crippen LogP contribution in [0.4, 0.5) is 0 Å². The predicted octanol–water partition coefficient (Wildman–Crippen LogP) is 6.47. The third kappa shape index (κ3) is 5.21. The zero-order valence-corrected chi connectivity index (χ0v) is 22.5. The molecule has 5 atom stereocenters. The summed E-state index contributed by atoms with van der Waals surface area (Å²) in [6, 6.07) is 23.0. The average Bonchev–Trinajstić information content (AvgIpc) is 3.32. The molecule has 1 saturated heterocycles. The van der Waals surface area contributed by atoms with Crippen LogP contribution in [0.3, 0.4) is 0 Å². The molecule has 38 heavy (non-hydrogen) atoms. The zero-order valence-electron chi connectivity index (χ0n) is 22.5. The minimum absolute atomic E-state index is 0.0840. The van der Waals surface area contributed by atoms with Gasteiger partial charge < -0.3 is 14.5 Å². The van der Waals surface area contributed by atoms with E-state index in [0.29, 0.717) is 31.0 Å². The monoisotopic (exact) mass is 506 g/mol. The Labute approximate surface area is 226 Å². The van der Waals surface area contributed by atoms with E-state index in [-0.39, 0.29) is 17.9 Å². The third-order valence-electron chi connectivity index (χ3n) is 8.55. The number of ether oxygens (including phenoxy) is 1. The molecule has 0 aromatic heterocycles. The second-order valence-electron chi connectivity index (χ2n) is 11.5. The van der Waals surface area contributed by atoms with Gasteiger partial charge in [0.05, 0.1) is 12.2 Å². The van der Waals surface area contributed by atoms with Crippen molar-refractivity contribution in [1.82, 2.24) is 9.80 Å². The smallest absolute Gasteiger partial charge is 0.254 e. The number of carbonyl (C=O) groups excluding carboxylic acids is 1. The molecule has 1 fully saturated rings. The lowest BCUT2D eigenvalue weighted by Crippen LogP contribution is -2.41. The van der Waals surface area contributed by atoms with Crippen molar-refractivity contribution in [2.45, 2.75) is 44.6 Å². The molecule has 2 aliphatic carbocycles. The molecule has 0 N–H and O–H groups in total. The fraction of sp³-hybridized carbons (Fsp3) is 0.382. The summed E-state index contributed by atoms with van der Waals surface area (Å²) in [5.74, 6) is 1.44. The average molecular weight is 507 g/mol. The normalized spacial score (nSPS) is 25.9. The van der Waals surface area contributed by atoms with Crippen molar-refractivity contribution in [3.05, 3.63) is 108 Å². The molecule has 4 heteroatoms. The van der Waals surface area contributed by atoms with Crippen LogP contribution < -0.4 is 0 Å². The van der Waals surface area contributed by atoms with E-state index in [1.54, 1.807) is 0 Å². The highest BCUT2D eigenvalue weighted by atomic mass is 16.5. The number of hydrogen-bond donors (Lipinski definition) is 0. The summed E-state index contributed by atoms with van der Waals surface area (Å²) in [5, 5.41) is 2.25. The second-order valence-corrected chi connectivity index (χ2v) is 11.5. The number of allylic oxidation sites excluding steroid dienone is 2. The van der Waals surface area contributed by atoms with Crippen molar-refractivity contribution in [1.29, 1.82) is 0 Å². The van der Waals surface area contributed by atoms with E-state index in [1.165, 1.54) is 5.56 Å². The van der Waals surface area contributed by atoms with Crippen LogP contribution in [0.15, 0.2) is 91.0 Å². The summed E-state index contributed by atoms with van der Waals surface area (Å²) in [7, 11) is 4.17. The Morgan fingerprint density at radius 2 is 1.53 bits per heavy atom. The van der Waals surface area contributed by atoms with Crippen molar-refractivity contribution in [2.24, 2.45) is 17.8 Å². The highest BCUT2D eigenvalue weighted by Crippen LogP contribution is 2.46. The molecule has 3 aromatic rings. The van der Waals surface area contributed by atoms with Crippen LogP contribution in [0, 0.1) is 17.8 Å². The highest BCUT2D eigenvalue weighted by molar-refractivity contribution is 5.98. The van der Waals surface area contributed by atoms with E-state index in [4.69, 9.17) is 4.74 Å². The number of benzene rings is 3. The Balaban J connectivity index is 1.27. The van der Waals surface area contributed by atoms with Gasteiger partial charge in [-0.15, -0.1) is 0 Å². The SMILES string of the molecule is CN(C)Cc1ccc(CN(CC2C=CCC3C4CC=CCC4OC23)C(=O)c2ccc3ccccc3c2)cc1. The Bertz CT molecular complexity index is 1340. The Kier molecular flexibility index (Phi) is 7.18. The Morgan fingerprint density at radius 1 is 0.816 bits per heavy atom. The van der Waals surface area contributed by atoms with E-state index >= 15 is 0 Å². The molecule has 5 unspecified atom stereocenters. The predicted molar refractivity (Wildman–Crippen MR) is 154 cm³/mol. The van der Waals surface area contributed by atoms with Gasteiger partial charge in [0.2, 0.25) is 0 Å². The molecule has 4 nitrogen and oxygen atoms in total. The third-order valence-corrected chi connectivity index (χ3v) is 8.55. The second kappa shape index (κ2) is 10.9. The first kappa shape index (κ1) is 25.1. The number of amides is 1. The van der Waals surface area contributed by atoms with E-state index < -0.39 is 0 Å². The molecule has 1 amide bonds. The molecule has 0 saturated carbocycles. The molecule has 0 bridgehead atoms. The summed E-state index contributed by atoms with van der Waals surface area (Å²) in [5.41, 5.74) is 3.18. The largest absolute Gasteiger partial charge is 0.373 e. The number of hydrogen-bond acceptors (Lipinski definition) is 3. The van der Waals surface area contributed by atoms with Crippen LogP contribution in [0.1, 0.15) is 40.7 Å². The Hall–Kier alpha value is -3.21. The van der Waals surface area contributed by atoms with Crippen molar-refractivity contribution in [2.75, 3.05) is 20.6 Å². The first-order chi connectivity index (χ1) is 18.5. The maximum absolute atomic E-state index is 14.1. The van der Waals surface area contributed by atoms with Gasteiger partial charge in [-0.2, -0.15) is 0 Å². The minimum Gasteiger partial charge on any atom is -0.373 e. The zero-order chi connectivity index (χ0) is 26.1. The molecule has 1 heterocycles. The van der Waals surface area contributed by atoms with Gasteiger partial charge in [-0.05, 0) is 79.2 Å². The summed E-state index contributed by atoms with van der Waals surface area (Å²) >= 11 is 0. The lowest BCUT2D eigenvalue weighted by atomic mass is 9.74. The van der Waals surface area contributed by atoms with Crippen LogP contribution >= 0.6 is 0 Å². The first-order valence-corrected chi connectivity index (χ1v) is 14.0. The summed E-state index contributed by atoms with van der Waals surface area (Å²) in [4.78, 5) is 18.3. The van der Waals surface area contributed by atoms with Gasteiger partial charge in [0, 0.05) is 31.1 Å². The van der Waals surface area contributed by atoms with Gasteiger partial charge >= 0.3 is 0 Å². The first-order valence-electron chi connectivity index (χ1n) is 14.0. The van der Waals surface area contributed by atoms with E-state index in [2.05, 4.69) is 85.8 Å². The molecular weight excluding hydrogens is 468 g/mol. The van der Waals surface area contributed by atoms with Crippen molar-refractivity contribution in [3.63, 3.8) is 0 Å². The van der Waals surface area contributed by atoms with Gasteiger partial charge in [0.15, 0.2) is 0 Å². The van der Waals surface area contributed by atoms with Crippen molar-refractivity contribution >= 4 is 16.7 Å². The van der Waals surface area contributed by atoms with Crippen LogP contribution in [-0.2, 0) is 17.8 Å². The lowest BCUT2D eigenvalue weighted by Gasteiger charge is -2.34. The van der Waals surface area contributed by atoms with E-state index in [9.17, 15) is 4.79 Å². The molecule has 3 aliphatic rings. The molecule has 0 radical (unpaired) electrons. The summed E-state index contributed by atoms with van der Waals surface area (Å²) < 4.78 is 6.68. The Morgan fingerprint density at radius 3 is 2.32 bits per heavy atom. The van der Waals surface area contributed by atoms with E-state index in [0.717, 1.165) is 47.7 Å². The van der Waals surface area contributed by atoms with Crippen LogP contribution in [0.2, 0.25) is 0 Å². The van der Waals surface area contributed by atoms with Crippen molar-refractivity contribution in [3.8, 4) is 0 Å². The van der Waals surface area contributed by atoms with Crippen molar-refractivity contribution < 1.29 is 9.53 Å². The highest BCUT2D eigenvalue weighted by Gasteiger charge is 2.47.